The van der Waals surface area contributed by atoms with Gasteiger partial charge in [0.15, 0.2) is 0 Å². The fourth-order valence-corrected chi connectivity index (χ4v) is 2.12. The highest BCUT2D eigenvalue weighted by Crippen LogP contribution is 2.18. The van der Waals surface area contributed by atoms with Crippen molar-refractivity contribution in [3.63, 3.8) is 0 Å². The topological polar surface area (TPSA) is 92.3 Å². The number of esters is 1. The van der Waals surface area contributed by atoms with Gasteiger partial charge in [-0.2, -0.15) is 15.0 Å². The SMILES string of the molecule is CCNc1nc(NCCC(=O)OC)nc(N2CCCC2)n1. The molecule has 1 fully saturated rings. The second-order valence-corrected chi connectivity index (χ2v) is 4.76. The fourth-order valence-electron chi connectivity index (χ4n) is 2.12. The molecule has 1 aliphatic heterocycles. The molecule has 0 saturated carbocycles. The summed E-state index contributed by atoms with van der Waals surface area (Å²) in [6.45, 7) is 5.10. The van der Waals surface area contributed by atoms with E-state index in [0.717, 1.165) is 32.5 Å². The van der Waals surface area contributed by atoms with Crippen LogP contribution in [0.4, 0.5) is 17.8 Å². The molecule has 2 heterocycles. The van der Waals surface area contributed by atoms with E-state index in [2.05, 4.69) is 35.2 Å². The molecule has 1 aliphatic rings. The molecule has 0 spiro atoms. The standard InChI is InChI=1S/C13H22N6O2/c1-3-14-11-16-12(15-7-6-10(20)21-2)18-13(17-11)19-8-4-5-9-19/h3-9H2,1-2H3,(H2,14,15,16,17,18). The quantitative estimate of drug-likeness (QED) is 0.716. The molecule has 2 rings (SSSR count). The zero-order valence-corrected chi connectivity index (χ0v) is 12.6. The Bertz CT molecular complexity index is 476. The second-order valence-electron chi connectivity index (χ2n) is 4.76. The summed E-state index contributed by atoms with van der Waals surface area (Å²) in [7, 11) is 1.38. The smallest absolute Gasteiger partial charge is 0.307 e. The minimum Gasteiger partial charge on any atom is -0.469 e. The maximum atomic E-state index is 11.1. The van der Waals surface area contributed by atoms with E-state index in [9.17, 15) is 4.79 Å². The average Bonchev–Trinajstić information content (AvgIpc) is 3.01. The summed E-state index contributed by atoms with van der Waals surface area (Å²) in [5.74, 6) is 1.45. The van der Waals surface area contributed by atoms with Crippen molar-refractivity contribution in [2.24, 2.45) is 0 Å². The molecule has 0 atom stereocenters. The number of anilines is 3. The largest absolute Gasteiger partial charge is 0.469 e. The molecule has 116 valence electrons. The number of aromatic nitrogens is 3. The normalized spacial score (nSPS) is 14.1. The molecule has 21 heavy (non-hydrogen) atoms. The van der Waals surface area contributed by atoms with Crippen LogP contribution in [0.15, 0.2) is 0 Å². The monoisotopic (exact) mass is 294 g/mol. The third-order valence-electron chi connectivity index (χ3n) is 3.19. The predicted octanol–water partition coefficient (Wildman–Crippen LogP) is 0.879. The Morgan fingerprint density at radius 1 is 1.19 bits per heavy atom. The third kappa shape index (κ3) is 4.44. The molecule has 2 N–H and O–H groups in total. The molecule has 1 aromatic heterocycles. The Hall–Kier alpha value is -2.12. The van der Waals surface area contributed by atoms with E-state index < -0.39 is 0 Å². The first-order valence-electron chi connectivity index (χ1n) is 7.28. The fraction of sp³-hybridized carbons (Fsp3) is 0.692. The molecule has 8 heteroatoms. The van der Waals surface area contributed by atoms with Crippen molar-refractivity contribution < 1.29 is 9.53 Å². The van der Waals surface area contributed by atoms with Gasteiger partial charge in [-0.1, -0.05) is 0 Å². The number of ether oxygens (including phenoxy) is 1. The summed E-state index contributed by atoms with van der Waals surface area (Å²) in [6.07, 6.45) is 2.60. The lowest BCUT2D eigenvalue weighted by molar-refractivity contribution is -0.140. The van der Waals surface area contributed by atoms with Gasteiger partial charge >= 0.3 is 5.97 Å². The van der Waals surface area contributed by atoms with Crippen LogP contribution in [-0.2, 0) is 9.53 Å². The molecule has 0 aliphatic carbocycles. The predicted molar refractivity (Wildman–Crippen MR) is 80.6 cm³/mol. The third-order valence-corrected chi connectivity index (χ3v) is 3.19. The van der Waals surface area contributed by atoms with Gasteiger partial charge in [0.2, 0.25) is 17.8 Å². The van der Waals surface area contributed by atoms with Crippen LogP contribution in [0.25, 0.3) is 0 Å². The lowest BCUT2D eigenvalue weighted by atomic mass is 10.4. The molecule has 0 bridgehead atoms. The summed E-state index contributed by atoms with van der Waals surface area (Å²) >= 11 is 0. The summed E-state index contributed by atoms with van der Waals surface area (Å²) in [6, 6.07) is 0. The molecule has 1 saturated heterocycles. The van der Waals surface area contributed by atoms with E-state index in [0.29, 0.717) is 24.4 Å². The summed E-state index contributed by atoms with van der Waals surface area (Å²) in [4.78, 5) is 26.4. The Balaban J connectivity index is 2.05. The van der Waals surface area contributed by atoms with Crippen molar-refractivity contribution in [1.29, 1.82) is 0 Å². The van der Waals surface area contributed by atoms with Crippen molar-refractivity contribution >= 4 is 23.8 Å². The Labute approximate surface area is 124 Å². The van der Waals surface area contributed by atoms with Gasteiger partial charge in [-0.05, 0) is 19.8 Å². The van der Waals surface area contributed by atoms with Crippen molar-refractivity contribution in [3.8, 4) is 0 Å². The van der Waals surface area contributed by atoms with Gasteiger partial charge in [-0.15, -0.1) is 0 Å². The van der Waals surface area contributed by atoms with Gasteiger partial charge in [0.25, 0.3) is 0 Å². The molecular weight excluding hydrogens is 272 g/mol. The number of methoxy groups -OCH3 is 1. The highest BCUT2D eigenvalue weighted by molar-refractivity contribution is 5.69. The van der Waals surface area contributed by atoms with E-state index in [1.54, 1.807) is 0 Å². The van der Waals surface area contributed by atoms with Crippen molar-refractivity contribution in [1.82, 2.24) is 15.0 Å². The van der Waals surface area contributed by atoms with Gasteiger partial charge < -0.3 is 20.3 Å². The number of hydrogen-bond donors (Lipinski definition) is 2. The molecule has 0 amide bonds. The maximum absolute atomic E-state index is 11.1. The van der Waals surface area contributed by atoms with Crippen LogP contribution in [0, 0.1) is 0 Å². The van der Waals surface area contributed by atoms with Gasteiger partial charge in [-0.3, -0.25) is 4.79 Å². The highest BCUT2D eigenvalue weighted by Gasteiger charge is 2.17. The Morgan fingerprint density at radius 3 is 2.48 bits per heavy atom. The van der Waals surface area contributed by atoms with E-state index >= 15 is 0 Å². The van der Waals surface area contributed by atoms with Gasteiger partial charge in [-0.25, -0.2) is 0 Å². The molecule has 0 radical (unpaired) electrons. The van der Waals surface area contributed by atoms with Crippen LogP contribution in [0.1, 0.15) is 26.2 Å². The minimum atomic E-state index is -0.261. The van der Waals surface area contributed by atoms with Crippen LogP contribution < -0.4 is 15.5 Å². The van der Waals surface area contributed by atoms with E-state index in [1.165, 1.54) is 7.11 Å². The number of rotatable bonds is 7. The van der Waals surface area contributed by atoms with Crippen LogP contribution in [-0.4, -0.2) is 54.2 Å². The first-order chi connectivity index (χ1) is 10.2. The van der Waals surface area contributed by atoms with Crippen molar-refractivity contribution in [2.75, 3.05) is 48.8 Å². The number of hydrogen-bond acceptors (Lipinski definition) is 8. The van der Waals surface area contributed by atoms with Gasteiger partial charge in [0.05, 0.1) is 13.5 Å². The van der Waals surface area contributed by atoms with Crippen molar-refractivity contribution in [2.45, 2.75) is 26.2 Å². The zero-order chi connectivity index (χ0) is 15.1. The Kier molecular flexibility index (Phi) is 5.53. The lowest BCUT2D eigenvalue weighted by Gasteiger charge is -2.17. The summed E-state index contributed by atoms with van der Waals surface area (Å²) in [5.41, 5.74) is 0. The van der Waals surface area contributed by atoms with Crippen LogP contribution in [0.3, 0.4) is 0 Å². The summed E-state index contributed by atoms with van der Waals surface area (Å²) < 4.78 is 4.60. The van der Waals surface area contributed by atoms with Crippen LogP contribution in [0.2, 0.25) is 0 Å². The minimum absolute atomic E-state index is 0.261. The lowest BCUT2D eigenvalue weighted by Crippen LogP contribution is -2.22. The van der Waals surface area contributed by atoms with E-state index in [4.69, 9.17) is 0 Å². The highest BCUT2D eigenvalue weighted by atomic mass is 16.5. The van der Waals surface area contributed by atoms with Crippen molar-refractivity contribution in [3.05, 3.63) is 0 Å². The van der Waals surface area contributed by atoms with Crippen LogP contribution >= 0.6 is 0 Å². The van der Waals surface area contributed by atoms with E-state index in [-0.39, 0.29) is 12.4 Å². The number of carbonyl (C=O) groups excluding carboxylic acids is 1. The number of carbonyl (C=O) groups is 1. The summed E-state index contributed by atoms with van der Waals surface area (Å²) in [5, 5.41) is 6.14. The second kappa shape index (κ2) is 7.61. The molecular formula is C13H22N6O2. The van der Waals surface area contributed by atoms with Gasteiger partial charge in [0, 0.05) is 26.2 Å². The molecule has 8 nitrogen and oxygen atoms in total. The number of nitrogens with one attached hydrogen (secondary N) is 2. The first-order valence-corrected chi connectivity index (χ1v) is 7.28. The molecule has 1 aromatic rings. The Morgan fingerprint density at radius 2 is 1.86 bits per heavy atom. The molecule has 0 unspecified atom stereocenters. The van der Waals surface area contributed by atoms with Gasteiger partial charge in [0.1, 0.15) is 0 Å². The number of nitrogens with zero attached hydrogens (tertiary/aromatic N) is 4. The molecule has 0 aromatic carbocycles. The maximum Gasteiger partial charge on any atom is 0.307 e. The average molecular weight is 294 g/mol. The first kappa shape index (κ1) is 15.3. The van der Waals surface area contributed by atoms with Crippen LogP contribution in [0.5, 0.6) is 0 Å². The zero-order valence-electron chi connectivity index (χ0n) is 12.6. The van der Waals surface area contributed by atoms with E-state index in [1.807, 2.05) is 6.92 Å².